The molecule has 1 aromatic rings. The maximum absolute atomic E-state index is 13.0. The van der Waals surface area contributed by atoms with Crippen LogP contribution in [0.25, 0.3) is 0 Å². The van der Waals surface area contributed by atoms with Crippen molar-refractivity contribution in [3.8, 4) is 0 Å². The van der Waals surface area contributed by atoms with Gasteiger partial charge in [0.05, 0.1) is 6.10 Å². The van der Waals surface area contributed by atoms with E-state index in [0.29, 0.717) is 18.8 Å². The molecular weight excluding hydrogens is 195 g/mol. The van der Waals surface area contributed by atoms with Gasteiger partial charge in [0.2, 0.25) is 0 Å². The smallest absolute Gasteiger partial charge is 0.123 e. The molecule has 15 heavy (non-hydrogen) atoms. The van der Waals surface area contributed by atoms with Gasteiger partial charge in [-0.3, -0.25) is 4.90 Å². The molecule has 1 unspecified atom stereocenters. The average molecular weight is 210 g/mol. The van der Waals surface area contributed by atoms with E-state index >= 15 is 0 Å². The Kier molecular flexibility index (Phi) is 2.88. The van der Waals surface area contributed by atoms with Crippen molar-refractivity contribution in [1.29, 1.82) is 0 Å². The molecule has 1 saturated heterocycles. The molecule has 3 N–H and O–H groups in total. The van der Waals surface area contributed by atoms with E-state index in [1.165, 1.54) is 12.1 Å². The molecule has 2 rings (SSSR count). The predicted molar refractivity (Wildman–Crippen MR) is 56.7 cm³/mol. The van der Waals surface area contributed by atoms with Crippen LogP contribution in [0.4, 0.5) is 10.1 Å². The number of nitrogen functional groups attached to an aromatic ring is 1. The van der Waals surface area contributed by atoms with Crippen LogP contribution in [0.3, 0.4) is 0 Å². The minimum atomic E-state index is -0.265. The number of hydrogen-bond donors (Lipinski definition) is 2. The van der Waals surface area contributed by atoms with Crippen molar-refractivity contribution < 1.29 is 9.50 Å². The van der Waals surface area contributed by atoms with Crippen LogP contribution in [0.15, 0.2) is 18.2 Å². The van der Waals surface area contributed by atoms with Crippen molar-refractivity contribution in [2.24, 2.45) is 0 Å². The van der Waals surface area contributed by atoms with Crippen LogP contribution in [0.1, 0.15) is 12.0 Å². The van der Waals surface area contributed by atoms with Gasteiger partial charge in [-0.25, -0.2) is 4.39 Å². The number of benzene rings is 1. The molecule has 0 amide bonds. The normalized spacial score (nSPS) is 22.1. The minimum absolute atomic E-state index is 0.250. The molecular formula is C11H15FN2O. The Morgan fingerprint density at radius 1 is 1.53 bits per heavy atom. The van der Waals surface area contributed by atoms with Crippen LogP contribution in [-0.2, 0) is 6.54 Å². The number of halogens is 1. The lowest BCUT2D eigenvalue weighted by Crippen LogP contribution is -2.22. The third-order valence-electron chi connectivity index (χ3n) is 2.75. The third kappa shape index (κ3) is 2.46. The van der Waals surface area contributed by atoms with Gasteiger partial charge >= 0.3 is 0 Å². The third-order valence-corrected chi connectivity index (χ3v) is 2.75. The Hall–Kier alpha value is -1.13. The minimum Gasteiger partial charge on any atom is -0.398 e. The van der Waals surface area contributed by atoms with Crippen molar-refractivity contribution in [2.75, 3.05) is 18.8 Å². The monoisotopic (exact) mass is 210 g/mol. The van der Waals surface area contributed by atoms with Crippen LogP contribution in [0.2, 0.25) is 0 Å². The lowest BCUT2D eigenvalue weighted by Gasteiger charge is -2.16. The summed E-state index contributed by atoms with van der Waals surface area (Å²) in [5.74, 6) is -0.265. The second kappa shape index (κ2) is 4.16. The summed E-state index contributed by atoms with van der Waals surface area (Å²) in [5.41, 5.74) is 7.15. The quantitative estimate of drug-likeness (QED) is 0.715. The van der Waals surface area contributed by atoms with E-state index in [9.17, 15) is 9.50 Å². The van der Waals surface area contributed by atoms with Crippen LogP contribution >= 0.6 is 0 Å². The van der Waals surface area contributed by atoms with E-state index in [-0.39, 0.29) is 11.9 Å². The Morgan fingerprint density at radius 3 is 3.00 bits per heavy atom. The summed E-state index contributed by atoms with van der Waals surface area (Å²) in [5, 5.41) is 9.35. The SMILES string of the molecule is Nc1ccc(F)cc1CN1CCC(O)C1. The predicted octanol–water partition coefficient (Wildman–Crippen LogP) is 0.975. The van der Waals surface area contributed by atoms with Gasteiger partial charge < -0.3 is 10.8 Å². The number of aliphatic hydroxyl groups excluding tert-OH is 1. The molecule has 0 bridgehead atoms. The number of rotatable bonds is 2. The van der Waals surface area contributed by atoms with Crippen LogP contribution < -0.4 is 5.73 Å². The zero-order chi connectivity index (χ0) is 10.8. The van der Waals surface area contributed by atoms with Gasteiger partial charge in [-0.1, -0.05) is 0 Å². The molecule has 1 heterocycles. The van der Waals surface area contributed by atoms with Crippen molar-refractivity contribution in [2.45, 2.75) is 19.1 Å². The average Bonchev–Trinajstić information content (AvgIpc) is 2.58. The molecule has 0 aliphatic carbocycles. The van der Waals surface area contributed by atoms with E-state index in [1.807, 2.05) is 0 Å². The highest BCUT2D eigenvalue weighted by Gasteiger charge is 2.20. The van der Waals surface area contributed by atoms with Crippen molar-refractivity contribution in [3.63, 3.8) is 0 Å². The highest BCUT2D eigenvalue weighted by molar-refractivity contribution is 5.46. The van der Waals surface area contributed by atoms with Gasteiger partial charge in [0, 0.05) is 25.3 Å². The Labute approximate surface area is 88.3 Å². The molecule has 0 radical (unpaired) electrons. The molecule has 1 aliphatic rings. The summed E-state index contributed by atoms with van der Waals surface area (Å²) < 4.78 is 13.0. The zero-order valence-corrected chi connectivity index (χ0v) is 8.49. The second-order valence-corrected chi connectivity index (χ2v) is 4.02. The van der Waals surface area contributed by atoms with Crippen LogP contribution in [0, 0.1) is 5.82 Å². The first-order chi connectivity index (χ1) is 7.15. The molecule has 1 atom stereocenters. The summed E-state index contributed by atoms with van der Waals surface area (Å²) in [4.78, 5) is 2.08. The highest BCUT2D eigenvalue weighted by Crippen LogP contribution is 2.18. The van der Waals surface area contributed by atoms with Gasteiger partial charge in [-0.15, -0.1) is 0 Å². The van der Waals surface area contributed by atoms with Gasteiger partial charge in [-0.2, -0.15) is 0 Å². The van der Waals surface area contributed by atoms with E-state index < -0.39 is 0 Å². The first-order valence-corrected chi connectivity index (χ1v) is 5.09. The first kappa shape index (κ1) is 10.4. The molecule has 1 aromatic carbocycles. The summed E-state index contributed by atoms with van der Waals surface area (Å²) in [6.45, 7) is 2.10. The molecule has 3 nitrogen and oxygen atoms in total. The molecule has 0 saturated carbocycles. The molecule has 1 fully saturated rings. The van der Waals surface area contributed by atoms with Gasteiger partial charge in [0.25, 0.3) is 0 Å². The van der Waals surface area contributed by atoms with E-state index in [0.717, 1.165) is 18.5 Å². The maximum Gasteiger partial charge on any atom is 0.123 e. The molecule has 82 valence electrons. The number of aliphatic hydroxyl groups is 1. The molecule has 0 spiro atoms. The fourth-order valence-corrected chi connectivity index (χ4v) is 1.91. The van der Waals surface area contributed by atoms with E-state index in [1.54, 1.807) is 6.07 Å². The van der Waals surface area contributed by atoms with Crippen molar-refractivity contribution >= 4 is 5.69 Å². The number of nitrogens with two attached hydrogens (primary N) is 1. The summed E-state index contributed by atoms with van der Waals surface area (Å²) in [6, 6.07) is 4.40. The summed E-state index contributed by atoms with van der Waals surface area (Å²) >= 11 is 0. The number of hydrogen-bond acceptors (Lipinski definition) is 3. The molecule has 4 heteroatoms. The summed E-state index contributed by atoms with van der Waals surface area (Å²) in [6.07, 6.45) is 0.537. The lowest BCUT2D eigenvalue weighted by molar-refractivity contribution is 0.175. The van der Waals surface area contributed by atoms with Gasteiger partial charge in [0.1, 0.15) is 5.82 Å². The van der Waals surface area contributed by atoms with E-state index in [4.69, 9.17) is 5.73 Å². The fourth-order valence-electron chi connectivity index (χ4n) is 1.91. The number of likely N-dealkylation sites (tertiary alicyclic amines) is 1. The number of nitrogens with zero attached hydrogens (tertiary/aromatic N) is 1. The Morgan fingerprint density at radius 2 is 2.33 bits per heavy atom. The largest absolute Gasteiger partial charge is 0.398 e. The number of anilines is 1. The Bertz CT molecular complexity index is 356. The lowest BCUT2D eigenvalue weighted by atomic mass is 10.1. The van der Waals surface area contributed by atoms with E-state index in [2.05, 4.69) is 4.90 Å². The van der Waals surface area contributed by atoms with Crippen molar-refractivity contribution in [1.82, 2.24) is 4.90 Å². The fraction of sp³-hybridized carbons (Fsp3) is 0.455. The molecule has 1 aliphatic heterocycles. The number of β-amino-alcohol motifs (C(OH)–C–C–N with tert-alkyl or cyclic N) is 1. The standard InChI is InChI=1S/C11H15FN2O/c12-9-1-2-11(13)8(5-9)6-14-4-3-10(15)7-14/h1-2,5,10,15H,3-4,6-7,13H2. The van der Waals surface area contributed by atoms with Crippen LogP contribution in [-0.4, -0.2) is 29.2 Å². The summed E-state index contributed by atoms with van der Waals surface area (Å²) in [7, 11) is 0. The maximum atomic E-state index is 13.0. The van der Waals surface area contributed by atoms with Crippen LogP contribution in [0.5, 0.6) is 0 Å². The first-order valence-electron chi connectivity index (χ1n) is 5.09. The topological polar surface area (TPSA) is 49.5 Å². The van der Waals surface area contributed by atoms with Crippen molar-refractivity contribution in [3.05, 3.63) is 29.6 Å². The van der Waals surface area contributed by atoms with Gasteiger partial charge in [0.15, 0.2) is 0 Å². The van der Waals surface area contributed by atoms with Gasteiger partial charge in [-0.05, 0) is 30.2 Å². The highest BCUT2D eigenvalue weighted by atomic mass is 19.1. The zero-order valence-electron chi connectivity index (χ0n) is 8.49. The second-order valence-electron chi connectivity index (χ2n) is 4.02. The molecule has 0 aromatic heterocycles. The Balaban J connectivity index is 2.07.